The first kappa shape index (κ1) is 15.9. The van der Waals surface area contributed by atoms with Crippen LogP contribution < -0.4 is 15.4 Å². The van der Waals surface area contributed by atoms with Gasteiger partial charge in [0.15, 0.2) is 0 Å². The summed E-state index contributed by atoms with van der Waals surface area (Å²) in [6.45, 7) is 0.363. The van der Waals surface area contributed by atoms with E-state index in [0.29, 0.717) is 18.5 Å². The number of hydrogen-bond donors (Lipinski definition) is 2. The first-order valence-electron chi connectivity index (χ1n) is 7.09. The Labute approximate surface area is 130 Å². The molecule has 0 bridgehead atoms. The summed E-state index contributed by atoms with van der Waals surface area (Å²) in [6.07, 6.45) is 2.14. The van der Waals surface area contributed by atoms with E-state index in [1.165, 1.54) is 0 Å². The van der Waals surface area contributed by atoms with Crippen molar-refractivity contribution < 1.29 is 14.3 Å². The van der Waals surface area contributed by atoms with Crippen LogP contribution in [0.5, 0.6) is 5.75 Å². The SMILES string of the molecule is COc1ccccc1CNC(=O)[C@@H]1C/C(=C\N(C)C)C(=O)N1. The lowest BCUT2D eigenvalue weighted by atomic mass is 10.1. The van der Waals surface area contributed by atoms with Gasteiger partial charge >= 0.3 is 0 Å². The first-order valence-corrected chi connectivity index (χ1v) is 7.09. The van der Waals surface area contributed by atoms with E-state index in [4.69, 9.17) is 4.74 Å². The fourth-order valence-electron chi connectivity index (χ4n) is 2.35. The van der Waals surface area contributed by atoms with Crippen molar-refractivity contribution in [3.63, 3.8) is 0 Å². The Bertz CT molecular complexity index is 596. The number of carbonyl (C=O) groups excluding carboxylic acids is 2. The van der Waals surface area contributed by atoms with Crippen molar-refractivity contribution in [1.82, 2.24) is 15.5 Å². The third-order valence-electron chi connectivity index (χ3n) is 3.40. The highest BCUT2D eigenvalue weighted by Gasteiger charge is 2.31. The minimum absolute atomic E-state index is 0.189. The number of benzene rings is 1. The summed E-state index contributed by atoms with van der Waals surface area (Å²) in [6, 6.07) is 6.98. The number of para-hydroxylation sites is 1. The van der Waals surface area contributed by atoms with Crippen molar-refractivity contribution in [3.8, 4) is 5.75 Å². The van der Waals surface area contributed by atoms with Crippen molar-refractivity contribution in [1.29, 1.82) is 0 Å². The van der Waals surface area contributed by atoms with Crippen LogP contribution in [0, 0.1) is 0 Å². The summed E-state index contributed by atoms with van der Waals surface area (Å²) >= 11 is 0. The predicted octanol–water partition coefficient (Wildman–Crippen LogP) is 0.645. The van der Waals surface area contributed by atoms with Crippen molar-refractivity contribution >= 4 is 11.8 Å². The molecule has 1 aliphatic heterocycles. The largest absolute Gasteiger partial charge is 0.496 e. The van der Waals surface area contributed by atoms with E-state index in [0.717, 1.165) is 11.3 Å². The lowest BCUT2D eigenvalue weighted by molar-refractivity contribution is -0.125. The van der Waals surface area contributed by atoms with Gasteiger partial charge in [0.2, 0.25) is 11.8 Å². The van der Waals surface area contributed by atoms with E-state index in [-0.39, 0.29) is 11.8 Å². The lowest BCUT2D eigenvalue weighted by Crippen LogP contribution is -2.41. The molecule has 0 unspecified atom stereocenters. The molecule has 118 valence electrons. The molecule has 1 aromatic carbocycles. The molecule has 2 amide bonds. The molecule has 6 nitrogen and oxygen atoms in total. The number of amides is 2. The summed E-state index contributed by atoms with van der Waals surface area (Å²) < 4.78 is 5.25. The van der Waals surface area contributed by atoms with Gasteiger partial charge in [0.05, 0.1) is 7.11 Å². The van der Waals surface area contributed by atoms with Gasteiger partial charge in [-0.25, -0.2) is 0 Å². The Morgan fingerprint density at radius 2 is 2.18 bits per heavy atom. The smallest absolute Gasteiger partial charge is 0.249 e. The van der Waals surface area contributed by atoms with Gasteiger partial charge in [0, 0.05) is 44.4 Å². The van der Waals surface area contributed by atoms with E-state index in [9.17, 15) is 9.59 Å². The van der Waals surface area contributed by atoms with Crippen LogP contribution in [0.4, 0.5) is 0 Å². The molecule has 0 saturated carbocycles. The van der Waals surface area contributed by atoms with Gasteiger partial charge in [-0.15, -0.1) is 0 Å². The molecule has 1 heterocycles. The van der Waals surface area contributed by atoms with Gasteiger partial charge in [0.25, 0.3) is 0 Å². The van der Waals surface area contributed by atoms with Crippen LogP contribution in [0.15, 0.2) is 36.0 Å². The molecule has 22 heavy (non-hydrogen) atoms. The topological polar surface area (TPSA) is 70.7 Å². The van der Waals surface area contributed by atoms with Crippen LogP contribution in [0.1, 0.15) is 12.0 Å². The minimum atomic E-state index is -0.520. The molecule has 0 spiro atoms. The van der Waals surface area contributed by atoms with Crippen LogP contribution >= 0.6 is 0 Å². The maximum absolute atomic E-state index is 12.2. The fraction of sp³-hybridized carbons (Fsp3) is 0.375. The molecule has 0 aliphatic carbocycles. The van der Waals surface area contributed by atoms with Crippen LogP contribution in [-0.2, 0) is 16.1 Å². The fourth-order valence-corrected chi connectivity index (χ4v) is 2.35. The van der Waals surface area contributed by atoms with E-state index in [1.54, 1.807) is 18.2 Å². The summed E-state index contributed by atoms with van der Waals surface area (Å²) in [4.78, 5) is 25.8. The van der Waals surface area contributed by atoms with Gasteiger partial charge in [-0.05, 0) is 6.07 Å². The maximum Gasteiger partial charge on any atom is 0.249 e. The molecule has 1 saturated heterocycles. The van der Waals surface area contributed by atoms with Crippen LogP contribution in [0.25, 0.3) is 0 Å². The molecule has 0 aromatic heterocycles. The number of methoxy groups -OCH3 is 1. The number of nitrogens with zero attached hydrogens (tertiary/aromatic N) is 1. The van der Waals surface area contributed by atoms with Gasteiger partial charge < -0.3 is 20.3 Å². The zero-order valence-electron chi connectivity index (χ0n) is 13.1. The van der Waals surface area contributed by atoms with Gasteiger partial charge in [-0.2, -0.15) is 0 Å². The molecule has 2 rings (SSSR count). The Morgan fingerprint density at radius 3 is 2.86 bits per heavy atom. The van der Waals surface area contributed by atoms with E-state index >= 15 is 0 Å². The average molecular weight is 303 g/mol. The molecule has 1 fully saturated rings. The summed E-state index contributed by atoms with van der Waals surface area (Å²) in [5.41, 5.74) is 1.51. The Hall–Kier alpha value is -2.50. The van der Waals surface area contributed by atoms with Gasteiger partial charge in [0.1, 0.15) is 11.8 Å². The van der Waals surface area contributed by atoms with E-state index in [1.807, 2.05) is 38.4 Å². The minimum Gasteiger partial charge on any atom is -0.496 e. The van der Waals surface area contributed by atoms with Crippen LogP contribution in [0.2, 0.25) is 0 Å². The van der Waals surface area contributed by atoms with Gasteiger partial charge in [-0.3, -0.25) is 9.59 Å². The first-order chi connectivity index (χ1) is 10.5. The zero-order valence-corrected chi connectivity index (χ0v) is 13.1. The highest BCUT2D eigenvalue weighted by atomic mass is 16.5. The quantitative estimate of drug-likeness (QED) is 0.783. The highest BCUT2D eigenvalue weighted by Crippen LogP contribution is 2.18. The molecule has 1 aliphatic rings. The van der Waals surface area contributed by atoms with Crippen LogP contribution in [-0.4, -0.2) is 44.0 Å². The molecule has 0 radical (unpaired) electrons. The summed E-state index contributed by atoms with van der Waals surface area (Å²) in [5.74, 6) is 0.346. The highest BCUT2D eigenvalue weighted by molar-refractivity contribution is 6.01. The number of hydrogen-bond acceptors (Lipinski definition) is 4. The number of nitrogens with one attached hydrogen (secondary N) is 2. The molecular formula is C16H21N3O3. The Morgan fingerprint density at radius 1 is 1.45 bits per heavy atom. The third kappa shape index (κ3) is 3.78. The number of ether oxygens (including phenoxy) is 1. The second-order valence-corrected chi connectivity index (χ2v) is 5.38. The summed E-state index contributed by atoms with van der Waals surface area (Å²) in [7, 11) is 5.28. The second kappa shape index (κ2) is 6.98. The molecular weight excluding hydrogens is 282 g/mol. The van der Waals surface area contributed by atoms with Crippen molar-refractivity contribution in [2.45, 2.75) is 19.0 Å². The standard InChI is InChI=1S/C16H21N3O3/c1-19(2)10-12-8-13(18-15(12)20)16(21)17-9-11-6-4-5-7-14(11)22-3/h4-7,10,13H,8-9H2,1-3H3,(H,17,21)(H,18,20)/b12-10+/t13-/m0/s1. The molecule has 1 aromatic rings. The summed E-state index contributed by atoms with van der Waals surface area (Å²) in [5, 5.41) is 5.53. The van der Waals surface area contributed by atoms with E-state index in [2.05, 4.69) is 10.6 Å². The number of carbonyl (C=O) groups is 2. The van der Waals surface area contributed by atoms with Gasteiger partial charge in [-0.1, -0.05) is 18.2 Å². The molecule has 6 heteroatoms. The zero-order chi connectivity index (χ0) is 16.1. The second-order valence-electron chi connectivity index (χ2n) is 5.38. The molecule has 2 N–H and O–H groups in total. The maximum atomic E-state index is 12.2. The monoisotopic (exact) mass is 303 g/mol. The number of rotatable bonds is 5. The molecule has 1 atom stereocenters. The lowest BCUT2D eigenvalue weighted by Gasteiger charge is -2.12. The van der Waals surface area contributed by atoms with Crippen molar-refractivity contribution in [3.05, 3.63) is 41.6 Å². The third-order valence-corrected chi connectivity index (χ3v) is 3.40. The Kier molecular flexibility index (Phi) is 5.04. The normalized spacial score (nSPS) is 19.0. The van der Waals surface area contributed by atoms with E-state index < -0.39 is 6.04 Å². The predicted molar refractivity (Wildman–Crippen MR) is 83.2 cm³/mol. The average Bonchev–Trinajstić information content (AvgIpc) is 2.85. The Balaban J connectivity index is 1.95. The van der Waals surface area contributed by atoms with Crippen molar-refractivity contribution in [2.24, 2.45) is 0 Å². The van der Waals surface area contributed by atoms with Crippen molar-refractivity contribution in [2.75, 3.05) is 21.2 Å². The van der Waals surface area contributed by atoms with Crippen LogP contribution in [0.3, 0.4) is 0 Å².